The van der Waals surface area contributed by atoms with Crippen LogP contribution in [0, 0.1) is 13.8 Å². The Hall–Kier alpha value is -3.35. The van der Waals surface area contributed by atoms with Crippen LogP contribution in [-0.4, -0.2) is 27.8 Å². The van der Waals surface area contributed by atoms with Crippen LogP contribution in [0.5, 0.6) is 5.75 Å². The first-order valence-electron chi connectivity index (χ1n) is 10.1. The topological polar surface area (TPSA) is 76.4 Å². The van der Waals surface area contributed by atoms with Gasteiger partial charge in [0.25, 0.3) is 0 Å². The van der Waals surface area contributed by atoms with Gasteiger partial charge in [-0.1, -0.05) is 42.5 Å². The van der Waals surface area contributed by atoms with Gasteiger partial charge >= 0.3 is 0 Å². The van der Waals surface area contributed by atoms with Crippen LogP contribution in [0.25, 0.3) is 0 Å². The molecule has 3 aromatic rings. The van der Waals surface area contributed by atoms with Crippen molar-refractivity contribution in [3.8, 4) is 5.75 Å². The van der Waals surface area contributed by atoms with Crippen molar-refractivity contribution in [2.24, 2.45) is 12.0 Å². The zero-order valence-corrected chi connectivity index (χ0v) is 18.3. The molecule has 7 nitrogen and oxygen atoms in total. The van der Waals surface area contributed by atoms with Gasteiger partial charge in [-0.15, -0.1) is 10.2 Å². The van der Waals surface area contributed by atoms with Gasteiger partial charge in [0.05, 0.1) is 26.2 Å². The van der Waals surface area contributed by atoms with E-state index in [2.05, 4.69) is 58.9 Å². The molecule has 0 bridgehead atoms. The summed E-state index contributed by atoms with van der Waals surface area (Å²) in [6, 6.07) is 16.6. The number of guanidine groups is 1. The monoisotopic (exact) mass is 406 g/mol. The average molecular weight is 407 g/mol. The van der Waals surface area contributed by atoms with Crippen LogP contribution in [-0.2, 0) is 20.1 Å². The molecule has 2 aromatic carbocycles. The Morgan fingerprint density at radius 1 is 1.13 bits per heavy atom. The van der Waals surface area contributed by atoms with E-state index in [-0.39, 0.29) is 6.04 Å². The van der Waals surface area contributed by atoms with Crippen LogP contribution in [0.2, 0.25) is 0 Å². The summed E-state index contributed by atoms with van der Waals surface area (Å²) < 4.78 is 7.49. The van der Waals surface area contributed by atoms with Gasteiger partial charge in [0, 0.05) is 12.6 Å². The number of nitrogens with zero attached hydrogens (tertiary/aromatic N) is 4. The van der Waals surface area contributed by atoms with E-state index in [1.807, 2.05) is 42.8 Å². The third-order valence-electron chi connectivity index (χ3n) is 5.10. The lowest BCUT2D eigenvalue weighted by Crippen LogP contribution is -2.39. The molecule has 0 radical (unpaired) electrons. The van der Waals surface area contributed by atoms with Crippen LogP contribution in [0.4, 0.5) is 0 Å². The van der Waals surface area contributed by atoms with E-state index >= 15 is 0 Å². The molecular formula is C23H30N6O. The largest absolute Gasteiger partial charge is 0.496 e. The minimum Gasteiger partial charge on any atom is -0.496 e. The van der Waals surface area contributed by atoms with E-state index in [4.69, 9.17) is 9.73 Å². The minimum absolute atomic E-state index is 0.0959. The summed E-state index contributed by atoms with van der Waals surface area (Å²) >= 11 is 0. The molecule has 158 valence electrons. The Bertz CT molecular complexity index is 996. The Morgan fingerprint density at radius 2 is 1.90 bits per heavy atom. The zero-order chi connectivity index (χ0) is 21.5. The summed E-state index contributed by atoms with van der Waals surface area (Å²) in [7, 11) is 3.65. The summed E-state index contributed by atoms with van der Waals surface area (Å²) in [5.74, 6) is 3.27. The van der Waals surface area contributed by atoms with Crippen molar-refractivity contribution in [3.63, 3.8) is 0 Å². The van der Waals surface area contributed by atoms with E-state index in [1.165, 1.54) is 5.56 Å². The van der Waals surface area contributed by atoms with Crippen molar-refractivity contribution in [2.75, 3.05) is 7.11 Å². The van der Waals surface area contributed by atoms with Crippen molar-refractivity contribution in [2.45, 2.75) is 39.9 Å². The number of hydrogen-bond acceptors (Lipinski definition) is 4. The molecule has 2 N–H and O–H groups in total. The molecule has 1 unspecified atom stereocenters. The number of benzene rings is 2. The highest BCUT2D eigenvalue weighted by Crippen LogP contribution is 2.20. The van der Waals surface area contributed by atoms with Gasteiger partial charge in [-0.3, -0.25) is 0 Å². The van der Waals surface area contributed by atoms with Gasteiger partial charge < -0.3 is 19.9 Å². The molecule has 1 aromatic heterocycles. The van der Waals surface area contributed by atoms with E-state index < -0.39 is 0 Å². The molecule has 0 spiro atoms. The highest BCUT2D eigenvalue weighted by Gasteiger charge is 2.11. The summed E-state index contributed by atoms with van der Waals surface area (Å²) in [5.41, 5.74) is 3.38. The first-order valence-corrected chi connectivity index (χ1v) is 10.1. The van der Waals surface area contributed by atoms with Crippen molar-refractivity contribution in [3.05, 3.63) is 76.9 Å². The maximum absolute atomic E-state index is 5.52. The molecule has 1 atom stereocenters. The van der Waals surface area contributed by atoms with Crippen molar-refractivity contribution in [1.29, 1.82) is 0 Å². The van der Waals surface area contributed by atoms with Crippen molar-refractivity contribution < 1.29 is 4.74 Å². The Balaban J connectivity index is 1.78. The van der Waals surface area contributed by atoms with E-state index in [9.17, 15) is 0 Å². The fourth-order valence-corrected chi connectivity index (χ4v) is 3.10. The van der Waals surface area contributed by atoms with Crippen LogP contribution in [0.1, 0.15) is 41.3 Å². The Kier molecular flexibility index (Phi) is 7.06. The standard InChI is InChI=1S/C23H30N6O/c1-16-11-12-20(21(13-16)30-5)14-24-23(25-15-22-28-27-18(3)29(22)4)26-17(2)19-9-7-6-8-10-19/h6-13,17H,14-15H2,1-5H3,(H2,24,25,26). The third kappa shape index (κ3) is 5.37. The van der Waals surface area contributed by atoms with E-state index in [0.29, 0.717) is 19.0 Å². The van der Waals surface area contributed by atoms with Crippen molar-refractivity contribution >= 4 is 5.96 Å². The fourth-order valence-electron chi connectivity index (χ4n) is 3.10. The maximum Gasteiger partial charge on any atom is 0.192 e. The van der Waals surface area contributed by atoms with Crippen LogP contribution < -0.4 is 15.4 Å². The lowest BCUT2D eigenvalue weighted by Gasteiger charge is -2.19. The quantitative estimate of drug-likeness (QED) is 0.464. The number of hydrogen-bond donors (Lipinski definition) is 2. The predicted octanol–water partition coefficient (Wildman–Crippen LogP) is 3.44. The SMILES string of the molecule is COc1cc(C)ccc1CN=C(NCc1nnc(C)n1C)NC(C)c1ccccc1. The molecule has 0 amide bonds. The zero-order valence-electron chi connectivity index (χ0n) is 18.3. The fraction of sp³-hybridized carbons (Fsp3) is 0.348. The van der Waals surface area contributed by atoms with Crippen molar-refractivity contribution in [1.82, 2.24) is 25.4 Å². The summed E-state index contributed by atoms with van der Waals surface area (Å²) in [5, 5.41) is 15.2. The molecule has 0 saturated carbocycles. The number of aryl methyl sites for hydroxylation is 2. The van der Waals surface area contributed by atoms with Gasteiger partial charge in [-0.25, -0.2) is 4.99 Å². The maximum atomic E-state index is 5.52. The lowest BCUT2D eigenvalue weighted by atomic mass is 10.1. The van der Waals surface area contributed by atoms with Crippen LogP contribution >= 0.6 is 0 Å². The average Bonchev–Trinajstić information content (AvgIpc) is 3.08. The molecule has 1 heterocycles. The Labute approximate surface area is 178 Å². The number of aliphatic imine (C=N–C) groups is 1. The molecule has 0 fully saturated rings. The second kappa shape index (κ2) is 9.91. The van der Waals surface area contributed by atoms with E-state index in [1.54, 1.807) is 7.11 Å². The number of methoxy groups -OCH3 is 1. The highest BCUT2D eigenvalue weighted by molar-refractivity contribution is 5.80. The Morgan fingerprint density at radius 3 is 2.57 bits per heavy atom. The number of nitrogens with one attached hydrogen (secondary N) is 2. The van der Waals surface area contributed by atoms with Crippen LogP contribution in [0.3, 0.4) is 0 Å². The molecule has 0 saturated heterocycles. The minimum atomic E-state index is 0.0959. The first kappa shape index (κ1) is 21.4. The molecule has 7 heteroatoms. The third-order valence-corrected chi connectivity index (χ3v) is 5.10. The normalized spacial score (nSPS) is 12.5. The first-order chi connectivity index (χ1) is 14.5. The van der Waals surface area contributed by atoms with Gasteiger partial charge in [0.2, 0.25) is 0 Å². The summed E-state index contributed by atoms with van der Waals surface area (Å²) in [4.78, 5) is 4.81. The summed E-state index contributed by atoms with van der Waals surface area (Å²) in [6.45, 7) is 7.12. The van der Waals surface area contributed by atoms with Gasteiger partial charge in [-0.2, -0.15) is 0 Å². The smallest absolute Gasteiger partial charge is 0.192 e. The highest BCUT2D eigenvalue weighted by atomic mass is 16.5. The van der Waals surface area contributed by atoms with Gasteiger partial charge in [0.1, 0.15) is 11.6 Å². The van der Waals surface area contributed by atoms with E-state index in [0.717, 1.165) is 28.5 Å². The predicted molar refractivity (Wildman–Crippen MR) is 119 cm³/mol. The number of rotatable bonds is 7. The van der Waals surface area contributed by atoms with Crippen LogP contribution in [0.15, 0.2) is 53.5 Å². The second-order valence-corrected chi connectivity index (χ2v) is 7.33. The lowest BCUT2D eigenvalue weighted by molar-refractivity contribution is 0.409. The summed E-state index contributed by atoms with van der Waals surface area (Å²) in [6.07, 6.45) is 0. The molecular weight excluding hydrogens is 376 g/mol. The second-order valence-electron chi connectivity index (χ2n) is 7.33. The molecule has 0 aliphatic carbocycles. The number of ether oxygens (including phenoxy) is 1. The molecule has 0 aliphatic rings. The van der Waals surface area contributed by atoms with Gasteiger partial charge in [-0.05, 0) is 38.0 Å². The molecule has 30 heavy (non-hydrogen) atoms. The number of aromatic nitrogens is 3. The molecule has 0 aliphatic heterocycles. The molecule has 3 rings (SSSR count). The van der Waals surface area contributed by atoms with Gasteiger partial charge in [0.15, 0.2) is 11.8 Å².